The zero-order chi connectivity index (χ0) is 9.64. The number of anilines is 1. The Balaban J connectivity index is 1.76. The lowest BCUT2D eigenvalue weighted by molar-refractivity contribution is -0.0985. The standard InChI is InChI=1S/C10H14N2O2/c1-2-4-9(5-3-1)11-12-10-8-13-6-7-14-10/h1-5,10-12H,6-8H2. The van der Waals surface area contributed by atoms with Crippen LogP contribution in [0.3, 0.4) is 0 Å². The highest BCUT2D eigenvalue weighted by Crippen LogP contribution is 2.04. The number of hydrazine groups is 1. The van der Waals surface area contributed by atoms with Crippen molar-refractivity contribution < 1.29 is 9.47 Å². The maximum absolute atomic E-state index is 5.40. The van der Waals surface area contributed by atoms with Crippen molar-refractivity contribution in [1.82, 2.24) is 5.43 Å². The first-order chi connectivity index (χ1) is 6.95. The number of para-hydroxylation sites is 1. The van der Waals surface area contributed by atoms with E-state index in [9.17, 15) is 0 Å². The average Bonchev–Trinajstić information content (AvgIpc) is 2.29. The van der Waals surface area contributed by atoms with Crippen LogP contribution in [0.1, 0.15) is 0 Å². The van der Waals surface area contributed by atoms with E-state index in [1.54, 1.807) is 0 Å². The lowest BCUT2D eigenvalue weighted by Crippen LogP contribution is -2.43. The molecule has 0 aromatic heterocycles. The summed E-state index contributed by atoms with van der Waals surface area (Å²) in [6, 6.07) is 9.89. The first-order valence-corrected chi connectivity index (χ1v) is 4.71. The molecule has 4 heteroatoms. The van der Waals surface area contributed by atoms with Gasteiger partial charge in [-0.1, -0.05) is 18.2 Å². The van der Waals surface area contributed by atoms with Gasteiger partial charge in [0, 0.05) is 5.69 Å². The van der Waals surface area contributed by atoms with Crippen LogP contribution in [0.5, 0.6) is 0 Å². The second-order valence-corrected chi connectivity index (χ2v) is 3.07. The van der Waals surface area contributed by atoms with E-state index in [0.717, 1.165) is 5.69 Å². The lowest BCUT2D eigenvalue weighted by atomic mass is 10.3. The van der Waals surface area contributed by atoms with E-state index in [1.807, 2.05) is 30.3 Å². The molecular weight excluding hydrogens is 180 g/mol. The zero-order valence-corrected chi connectivity index (χ0v) is 7.90. The highest BCUT2D eigenvalue weighted by molar-refractivity contribution is 5.41. The smallest absolute Gasteiger partial charge is 0.147 e. The SMILES string of the molecule is c1ccc(NNC2COCCO2)cc1. The van der Waals surface area contributed by atoms with E-state index in [1.165, 1.54) is 0 Å². The molecule has 2 rings (SSSR count). The Kier molecular flexibility index (Phi) is 3.34. The van der Waals surface area contributed by atoms with E-state index in [0.29, 0.717) is 19.8 Å². The first kappa shape index (κ1) is 9.45. The first-order valence-electron chi connectivity index (χ1n) is 4.71. The molecule has 1 aliphatic heterocycles. The molecule has 0 spiro atoms. The number of hydrogen-bond donors (Lipinski definition) is 2. The van der Waals surface area contributed by atoms with Gasteiger partial charge < -0.3 is 14.9 Å². The van der Waals surface area contributed by atoms with Crippen LogP contribution in [-0.4, -0.2) is 26.0 Å². The number of nitrogens with one attached hydrogen (secondary N) is 2. The van der Waals surface area contributed by atoms with Gasteiger partial charge in [0.15, 0.2) is 0 Å². The van der Waals surface area contributed by atoms with Crippen molar-refractivity contribution in [3.63, 3.8) is 0 Å². The summed E-state index contributed by atoms with van der Waals surface area (Å²) in [4.78, 5) is 0. The van der Waals surface area contributed by atoms with Crippen molar-refractivity contribution in [2.45, 2.75) is 6.23 Å². The van der Waals surface area contributed by atoms with Crippen molar-refractivity contribution in [3.8, 4) is 0 Å². The van der Waals surface area contributed by atoms with Crippen LogP contribution >= 0.6 is 0 Å². The summed E-state index contributed by atoms with van der Waals surface area (Å²) in [6.45, 7) is 1.91. The normalized spacial score (nSPS) is 21.9. The summed E-state index contributed by atoms with van der Waals surface area (Å²) < 4.78 is 10.6. The van der Waals surface area contributed by atoms with Gasteiger partial charge in [-0.15, -0.1) is 0 Å². The summed E-state index contributed by atoms with van der Waals surface area (Å²) in [5, 5.41) is 0. The van der Waals surface area contributed by atoms with Crippen molar-refractivity contribution in [1.29, 1.82) is 0 Å². The van der Waals surface area contributed by atoms with Gasteiger partial charge in [0.05, 0.1) is 19.8 Å². The fourth-order valence-electron chi connectivity index (χ4n) is 1.26. The molecule has 0 bridgehead atoms. The van der Waals surface area contributed by atoms with Gasteiger partial charge in [-0.05, 0) is 12.1 Å². The molecule has 0 amide bonds. The maximum Gasteiger partial charge on any atom is 0.147 e. The minimum Gasteiger partial charge on any atom is -0.375 e. The Morgan fingerprint density at radius 1 is 1.14 bits per heavy atom. The van der Waals surface area contributed by atoms with E-state index in [2.05, 4.69) is 10.9 Å². The second kappa shape index (κ2) is 4.95. The Labute approximate surface area is 83.2 Å². The van der Waals surface area contributed by atoms with Crippen LogP contribution in [0.25, 0.3) is 0 Å². The summed E-state index contributed by atoms with van der Waals surface area (Å²) in [5.41, 5.74) is 7.12. The number of ether oxygens (including phenoxy) is 2. The minimum absolute atomic E-state index is 0.0658. The molecule has 1 heterocycles. The van der Waals surface area contributed by atoms with Gasteiger partial charge in [-0.2, -0.15) is 0 Å². The predicted molar refractivity (Wildman–Crippen MR) is 53.8 cm³/mol. The molecule has 1 aromatic rings. The average molecular weight is 194 g/mol. The molecule has 76 valence electrons. The molecule has 1 saturated heterocycles. The quantitative estimate of drug-likeness (QED) is 0.704. The Bertz CT molecular complexity index is 260. The largest absolute Gasteiger partial charge is 0.375 e. The van der Waals surface area contributed by atoms with Gasteiger partial charge in [0.1, 0.15) is 6.23 Å². The molecule has 1 aliphatic rings. The summed E-state index contributed by atoms with van der Waals surface area (Å²) in [5.74, 6) is 0. The highest BCUT2D eigenvalue weighted by Gasteiger charge is 2.12. The Hall–Kier alpha value is -1.10. The molecule has 1 aromatic carbocycles. The lowest BCUT2D eigenvalue weighted by Gasteiger charge is -2.24. The van der Waals surface area contributed by atoms with Crippen LogP contribution in [0, 0.1) is 0 Å². The van der Waals surface area contributed by atoms with Gasteiger partial charge in [0.25, 0.3) is 0 Å². The molecule has 0 radical (unpaired) electrons. The second-order valence-electron chi connectivity index (χ2n) is 3.07. The molecule has 1 fully saturated rings. The zero-order valence-electron chi connectivity index (χ0n) is 7.90. The molecule has 1 unspecified atom stereocenters. The van der Waals surface area contributed by atoms with Crippen molar-refractivity contribution in [3.05, 3.63) is 30.3 Å². The third-order valence-corrected chi connectivity index (χ3v) is 1.97. The number of hydrogen-bond acceptors (Lipinski definition) is 4. The van der Waals surface area contributed by atoms with Crippen LogP contribution in [-0.2, 0) is 9.47 Å². The van der Waals surface area contributed by atoms with Crippen LogP contribution < -0.4 is 10.9 Å². The molecular formula is C10H14N2O2. The molecule has 0 saturated carbocycles. The number of rotatable bonds is 3. The fraction of sp³-hybridized carbons (Fsp3) is 0.400. The molecule has 2 N–H and O–H groups in total. The third kappa shape index (κ3) is 2.70. The molecule has 14 heavy (non-hydrogen) atoms. The van der Waals surface area contributed by atoms with Gasteiger partial charge in [-0.3, -0.25) is 0 Å². The van der Waals surface area contributed by atoms with Crippen molar-refractivity contribution >= 4 is 5.69 Å². The summed E-state index contributed by atoms with van der Waals surface area (Å²) in [6.07, 6.45) is -0.0658. The van der Waals surface area contributed by atoms with E-state index in [4.69, 9.17) is 9.47 Å². The monoisotopic (exact) mass is 194 g/mol. The Morgan fingerprint density at radius 3 is 2.71 bits per heavy atom. The van der Waals surface area contributed by atoms with Crippen LogP contribution in [0.2, 0.25) is 0 Å². The van der Waals surface area contributed by atoms with Gasteiger partial charge in [0.2, 0.25) is 0 Å². The van der Waals surface area contributed by atoms with Gasteiger partial charge in [-0.25, -0.2) is 5.43 Å². The summed E-state index contributed by atoms with van der Waals surface area (Å²) in [7, 11) is 0. The predicted octanol–water partition coefficient (Wildman–Crippen LogP) is 0.976. The number of benzene rings is 1. The maximum atomic E-state index is 5.40. The van der Waals surface area contributed by atoms with E-state index >= 15 is 0 Å². The highest BCUT2D eigenvalue weighted by atomic mass is 16.6. The molecule has 4 nitrogen and oxygen atoms in total. The van der Waals surface area contributed by atoms with Crippen LogP contribution in [0.4, 0.5) is 5.69 Å². The topological polar surface area (TPSA) is 42.5 Å². The van der Waals surface area contributed by atoms with Gasteiger partial charge >= 0.3 is 0 Å². The fourth-order valence-corrected chi connectivity index (χ4v) is 1.26. The summed E-state index contributed by atoms with van der Waals surface area (Å²) >= 11 is 0. The van der Waals surface area contributed by atoms with E-state index < -0.39 is 0 Å². The molecule has 1 atom stereocenters. The minimum atomic E-state index is -0.0658. The third-order valence-electron chi connectivity index (χ3n) is 1.97. The van der Waals surface area contributed by atoms with E-state index in [-0.39, 0.29) is 6.23 Å². The van der Waals surface area contributed by atoms with Crippen LogP contribution in [0.15, 0.2) is 30.3 Å². The van der Waals surface area contributed by atoms with Crippen molar-refractivity contribution in [2.75, 3.05) is 25.2 Å². The molecule has 0 aliphatic carbocycles. The van der Waals surface area contributed by atoms with Crippen molar-refractivity contribution in [2.24, 2.45) is 0 Å². The Morgan fingerprint density at radius 2 is 2.00 bits per heavy atom.